The SMILES string of the molecule is CC1Cc2c(C(F)F)nn(C)c2C(C)C1. The van der Waals surface area contributed by atoms with Crippen LogP contribution in [0, 0.1) is 5.92 Å². The highest BCUT2D eigenvalue weighted by molar-refractivity contribution is 5.32. The number of nitrogens with zero attached hydrogens (tertiary/aromatic N) is 2. The molecule has 0 spiro atoms. The number of alkyl halides is 2. The lowest BCUT2D eigenvalue weighted by Gasteiger charge is -2.25. The summed E-state index contributed by atoms with van der Waals surface area (Å²) in [6, 6.07) is 0. The van der Waals surface area contributed by atoms with Crippen molar-refractivity contribution in [1.82, 2.24) is 9.78 Å². The smallest absolute Gasteiger partial charge is 0.272 e. The third-order valence-electron chi connectivity index (χ3n) is 3.21. The van der Waals surface area contributed by atoms with Crippen molar-refractivity contribution in [1.29, 1.82) is 0 Å². The van der Waals surface area contributed by atoms with Gasteiger partial charge in [-0.15, -0.1) is 0 Å². The van der Waals surface area contributed by atoms with E-state index in [-0.39, 0.29) is 5.69 Å². The van der Waals surface area contributed by atoms with Crippen molar-refractivity contribution in [2.45, 2.75) is 39.0 Å². The highest BCUT2D eigenvalue weighted by Crippen LogP contribution is 2.38. The molecule has 1 aliphatic rings. The van der Waals surface area contributed by atoms with Gasteiger partial charge < -0.3 is 0 Å². The van der Waals surface area contributed by atoms with Crippen LogP contribution in [0.25, 0.3) is 0 Å². The van der Waals surface area contributed by atoms with Gasteiger partial charge in [-0.25, -0.2) is 8.78 Å². The Balaban J connectivity index is 2.51. The maximum atomic E-state index is 12.7. The molecule has 2 atom stereocenters. The average molecular weight is 214 g/mol. The Morgan fingerprint density at radius 3 is 2.67 bits per heavy atom. The molecular formula is C11H16F2N2. The first-order valence-electron chi connectivity index (χ1n) is 5.34. The van der Waals surface area contributed by atoms with Crippen LogP contribution in [0.1, 0.15) is 49.6 Å². The second kappa shape index (κ2) is 3.58. The van der Waals surface area contributed by atoms with Gasteiger partial charge in [0.15, 0.2) is 0 Å². The second-order valence-corrected chi connectivity index (χ2v) is 4.62. The van der Waals surface area contributed by atoms with E-state index in [4.69, 9.17) is 0 Å². The lowest BCUT2D eigenvalue weighted by Crippen LogP contribution is -2.16. The van der Waals surface area contributed by atoms with Gasteiger partial charge in [-0.05, 0) is 24.7 Å². The Hall–Kier alpha value is -0.930. The van der Waals surface area contributed by atoms with E-state index in [1.165, 1.54) is 0 Å². The highest BCUT2D eigenvalue weighted by atomic mass is 19.3. The van der Waals surface area contributed by atoms with Gasteiger partial charge in [0.1, 0.15) is 5.69 Å². The number of fused-ring (bicyclic) bond motifs is 1. The molecule has 2 rings (SSSR count). The normalized spacial score (nSPS) is 25.7. The number of hydrogen-bond donors (Lipinski definition) is 0. The van der Waals surface area contributed by atoms with Gasteiger partial charge in [0.25, 0.3) is 6.43 Å². The molecule has 0 amide bonds. The molecule has 15 heavy (non-hydrogen) atoms. The summed E-state index contributed by atoms with van der Waals surface area (Å²) >= 11 is 0. The number of hydrogen-bond acceptors (Lipinski definition) is 1. The van der Waals surface area contributed by atoms with Crippen molar-refractivity contribution in [3.05, 3.63) is 17.0 Å². The van der Waals surface area contributed by atoms with Crippen LogP contribution in [-0.2, 0) is 13.5 Å². The van der Waals surface area contributed by atoms with Crippen molar-refractivity contribution < 1.29 is 8.78 Å². The minimum Gasteiger partial charge on any atom is -0.272 e. The largest absolute Gasteiger partial charge is 0.282 e. The fourth-order valence-electron chi connectivity index (χ4n) is 2.75. The van der Waals surface area contributed by atoms with Crippen LogP contribution in [0.5, 0.6) is 0 Å². The Bertz CT molecular complexity index is 371. The van der Waals surface area contributed by atoms with Crippen LogP contribution < -0.4 is 0 Å². The number of halogens is 2. The van der Waals surface area contributed by atoms with Crippen LogP contribution in [0.2, 0.25) is 0 Å². The van der Waals surface area contributed by atoms with E-state index in [0.717, 1.165) is 24.1 Å². The molecule has 1 aromatic rings. The molecule has 0 radical (unpaired) electrons. The van der Waals surface area contributed by atoms with Gasteiger partial charge in [-0.2, -0.15) is 5.10 Å². The molecule has 0 bridgehead atoms. The summed E-state index contributed by atoms with van der Waals surface area (Å²) in [6.45, 7) is 4.20. The van der Waals surface area contributed by atoms with Crippen molar-refractivity contribution in [3.8, 4) is 0 Å². The molecule has 1 aliphatic carbocycles. The van der Waals surface area contributed by atoms with Gasteiger partial charge in [0.05, 0.1) is 0 Å². The predicted octanol–water partition coefficient (Wildman–Crippen LogP) is 3.04. The van der Waals surface area contributed by atoms with Crippen LogP contribution in [0.4, 0.5) is 8.78 Å². The molecule has 0 N–H and O–H groups in total. The van der Waals surface area contributed by atoms with Crippen LogP contribution in [-0.4, -0.2) is 9.78 Å². The first-order chi connectivity index (χ1) is 7.00. The maximum absolute atomic E-state index is 12.7. The Morgan fingerprint density at radius 2 is 2.07 bits per heavy atom. The van der Waals surface area contributed by atoms with E-state index in [9.17, 15) is 8.78 Å². The van der Waals surface area contributed by atoms with E-state index in [2.05, 4.69) is 18.9 Å². The fraction of sp³-hybridized carbons (Fsp3) is 0.727. The molecule has 84 valence electrons. The molecule has 2 unspecified atom stereocenters. The van der Waals surface area contributed by atoms with Gasteiger partial charge in [0.2, 0.25) is 0 Å². The first-order valence-corrected chi connectivity index (χ1v) is 5.34. The Labute approximate surface area is 88.3 Å². The zero-order valence-corrected chi connectivity index (χ0v) is 9.30. The minimum absolute atomic E-state index is 0.00843. The molecule has 0 fully saturated rings. The first kappa shape index (κ1) is 10.6. The van der Waals surface area contributed by atoms with Crippen molar-refractivity contribution in [2.24, 2.45) is 13.0 Å². The van der Waals surface area contributed by atoms with Crippen molar-refractivity contribution in [3.63, 3.8) is 0 Å². The standard InChI is InChI=1S/C11H16F2N2/c1-6-4-7(2)10-8(5-6)9(11(12)13)14-15(10)3/h6-7,11H,4-5H2,1-3H3. The minimum atomic E-state index is -2.45. The lowest BCUT2D eigenvalue weighted by atomic mass is 9.81. The summed E-state index contributed by atoms with van der Waals surface area (Å²) in [5.74, 6) is 0.822. The maximum Gasteiger partial charge on any atom is 0.282 e. The van der Waals surface area contributed by atoms with E-state index < -0.39 is 6.43 Å². The van der Waals surface area contributed by atoms with E-state index in [1.807, 2.05) is 0 Å². The molecule has 1 aromatic heterocycles. The third kappa shape index (κ3) is 1.66. The lowest BCUT2D eigenvalue weighted by molar-refractivity contribution is 0.143. The molecule has 0 saturated carbocycles. The summed E-state index contributed by atoms with van der Waals surface area (Å²) in [5.41, 5.74) is 1.79. The molecule has 4 heteroatoms. The van der Waals surface area contributed by atoms with E-state index in [0.29, 0.717) is 11.8 Å². The van der Waals surface area contributed by atoms with Crippen molar-refractivity contribution >= 4 is 0 Å². The number of rotatable bonds is 1. The molecule has 0 saturated heterocycles. The quantitative estimate of drug-likeness (QED) is 0.702. The second-order valence-electron chi connectivity index (χ2n) is 4.62. The van der Waals surface area contributed by atoms with E-state index in [1.54, 1.807) is 11.7 Å². The Morgan fingerprint density at radius 1 is 1.40 bits per heavy atom. The topological polar surface area (TPSA) is 17.8 Å². The van der Waals surface area contributed by atoms with E-state index >= 15 is 0 Å². The fourth-order valence-corrected chi connectivity index (χ4v) is 2.75. The zero-order valence-electron chi connectivity index (χ0n) is 9.30. The van der Waals surface area contributed by atoms with Crippen LogP contribution >= 0.6 is 0 Å². The summed E-state index contributed by atoms with van der Waals surface area (Å²) in [6.07, 6.45) is -0.639. The summed E-state index contributed by atoms with van der Waals surface area (Å²) in [4.78, 5) is 0. The summed E-state index contributed by atoms with van der Waals surface area (Å²) in [7, 11) is 1.76. The molecule has 2 nitrogen and oxygen atoms in total. The molecule has 1 heterocycles. The summed E-state index contributed by atoms with van der Waals surface area (Å²) < 4.78 is 27.1. The van der Waals surface area contributed by atoms with Gasteiger partial charge >= 0.3 is 0 Å². The van der Waals surface area contributed by atoms with Crippen LogP contribution in [0.15, 0.2) is 0 Å². The number of aryl methyl sites for hydroxylation is 1. The van der Waals surface area contributed by atoms with Gasteiger partial charge in [-0.1, -0.05) is 13.8 Å². The zero-order chi connectivity index (χ0) is 11.2. The highest BCUT2D eigenvalue weighted by Gasteiger charge is 2.30. The van der Waals surface area contributed by atoms with Gasteiger partial charge in [0, 0.05) is 18.3 Å². The van der Waals surface area contributed by atoms with Crippen molar-refractivity contribution in [2.75, 3.05) is 0 Å². The number of aromatic nitrogens is 2. The molecule has 0 aromatic carbocycles. The van der Waals surface area contributed by atoms with Crippen LogP contribution in [0.3, 0.4) is 0 Å². The van der Waals surface area contributed by atoms with Gasteiger partial charge in [-0.3, -0.25) is 4.68 Å². The third-order valence-corrected chi connectivity index (χ3v) is 3.21. The Kier molecular flexibility index (Phi) is 2.52. The molecular weight excluding hydrogens is 198 g/mol. The molecule has 0 aliphatic heterocycles. The summed E-state index contributed by atoms with van der Waals surface area (Å²) in [5, 5.41) is 3.94. The monoisotopic (exact) mass is 214 g/mol. The predicted molar refractivity (Wildman–Crippen MR) is 54.1 cm³/mol. The average Bonchev–Trinajstić information content (AvgIpc) is 2.42.